The Balaban J connectivity index is 1.60. The van der Waals surface area contributed by atoms with E-state index in [9.17, 15) is 4.79 Å². The van der Waals surface area contributed by atoms with Crippen molar-refractivity contribution in [2.24, 2.45) is 0 Å². The van der Waals surface area contributed by atoms with Crippen molar-refractivity contribution in [3.63, 3.8) is 0 Å². The van der Waals surface area contributed by atoms with Crippen LogP contribution in [0.3, 0.4) is 0 Å². The van der Waals surface area contributed by atoms with Gasteiger partial charge in [-0.2, -0.15) is 0 Å². The number of nitrogens with zero attached hydrogens (tertiary/aromatic N) is 1. The predicted molar refractivity (Wildman–Crippen MR) is 116 cm³/mol. The Morgan fingerprint density at radius 1 is 1.07 bits per heavy atom. The molecule has 0 aliphatic rings. The number of amides is 1. The Bertz CT molecular complexity index is 925. The number of carbonyl (C=O) groups is 1. The highest BCUT2D eigenvalue weighted by molar-refractivity contribution is 7.98. The molecule has 0 spiro atoms. The minimum absolute atomic E-state index is 0.0156. The van der Waals surface area contributed by atoms with E-state index in [1.807, 2.05) is 62.6 Å². The Labute approximate surface area is 176 Å². The first-order valence-electron chi connectivity index (χ1n) is 9.42. The zero-order chi connectivity index (χ0) is 20.6. The van der Waals surface area contributed by atoms with E-state index < -0.39 is 0 Å². The smallest absolute Gasteiger partial charge is 0.287 e. The standard InChI is InChI=1S/C23H26N2O3S/c1-25(2)20(19-11-7-8-12-21(19)27-3)15-24-23(26)22-14-13-17(28-22)16-29-18-9-5-4-6-10-18/h4-14,20H,15-16H2,1-3H3,(H,24,26). The molecule has 1 N–H and O–H groups in total. The summed E-state index contributed by atoms with van der Waals surface area (Å²) in [5, 5.41) is 2.98. The molecule has 29 heavy (non-hydrogen) atoms. The van der Waals surface area contributed by atoms with Crippen LogP contribution in [-0.4, -0.2) is 38.6 Å². The van der Waals surface area contributed by atoms with Gasteiger partial charge in [0, 0.05) is 17.0 Å². The Morgan fingerprint density at radius 3 is 2.52 bits per heavy atom. The van der Waals surface area contributed by atoms with E-state index in [-0.39, 0.29) is 11.9 Å². The summed E-state index contributed by atoms with van der Waals surface area (Å²) in [6.07, 6.45) is 0. The number of hydrogen-bond donors (Lipinski definition) is 1. The number of hydrogen-bond acceptors (Lipinski definition) is 5. The molecule has 0 saturated carbocycles. The summed E-state index contributed by atoms with van der Waals surface area (Å²) in [5.74, 6) is 2.37. The summed E-state index contributed by atoms with van der Waals surface area (Å²) in [6.45, 7) is 0.445. The summed E-state index contributed by atoms with van der Waals surface area (Å²) in [7, 11) is 5.62. The van der Waals surface area contributed by atoms with Gasteiger partial charge >= 0.3 is 0 Å². The largest absolute Gasteiger partial charge is 0.496 e. The van der Waals surface area contributed by atoms with Crippen LogP contribution in [0.15, 0.2) is 76.0 Å². The van der Waals surface area contributed by atoms with Crippen molar-refractivity contribution in [2.75, 3.05) is 27.7 Å². The first-order chi connectivity index (χ1) is 14.1. The second kappa shape index (κ2) is 10.2. The van der Waals surface area contributed by atoms with Gasteiger partial charge in [-0.05, 0) is 44.4 Å². The molecule has 0 bridgehead atoms. The predicted octanol–water partition coefficient (Wildman–Crippen LogP) is 4.61. The van der Waals surface area contributed by atoms with E-state index in [1.54, 1.807) is 24.9 Å². The fourth-order valence-corrected chi connectivity index (χ4v) is 3.85. The van der Waals surface area contributed by atoms with Crippen molar-refractivity contribution < 1.29 is 13.9 Å². The van der Waals surface area contributed by atoms with Crippen molar-refractivity contribution in [1.29, 1.82) is 0 Å². The number of thioether (sulfide) groups is 1. The Hall–Kier alpha value is -2.70. The molecule has 1 atom stereocenters. The maximum Gasteiger partial charge on any atom is 0.287 e. The van der Waals surface area contributed by atoms with Crippen LogP contribution in [0.25, 0.3) is 0 Å². The molecule has 3 aromatic rings. The summed E-state index contributed by atoms with van der Waals surface area (Å²) >= 11 is 1.68. The molecular formula is C23H26N2O3S. The van der Waals surface area contributed by atoms with Gasteiger partial charge in [-0.15, -0.1) is 11.8 Å². The summed E-state index contributed by atoms with van der Waals surface area (Å²) < 4.78 is 11.2. The maximum atomic E-state index is 12.6. The molecule has 3 rings (SSSR count). The van der Waals surface area contributed by atoms with Crippen molar-refractivity contribution in [1.82, 2.24) is 10.2 Å². The zero-order valence-electron chi connectivity index (χ0n) is 16.9. The number of ether oxygens (including phenoxy) is 1. The van der Waals surface area contributed by atoms with E-state index in [0.717, 1.165) is 17.1 Å². The van der Waals surface area contributed by atoms with Gasteiger partial charge in [0.15, 0.2) is 5.76 Å². The lowest BCUT2D eigenvalue weighted by Crippen LogP contribution is -2.34. The minimum atomic E-state index is -0.220. The van der Waals surface area contributed by atoms with E-state index in [4.69, 9.17) is 9.15 Å². The number of furan rings is 1. The van der Waals surface area contributed by atoms with Gasteiger partial charge in [0.2, 0.25) is 0 Å². The molecule has 1 heterocycles. The lowest BCUT2D eigenvalue weighted by Gasteiger charge is -2.26. The minimum Gasteiger partial charge on any atom is -0.496 e. The number of nitrogens with one attached hydrogen (secondary N) is 1. The molecule has 1 aromatic heterocycles. The third-order valence-electron chi connectivity index (χ3n) is 4.59. The molecule has 1 amide bonds. The first-order valence-corrected chi connectivity index (χ1v) is 10.4. The number of likely N-dealkylation sites (N-methyl/N-ethyl adjacent to an activating group) is 1. The number of methoxy groups -OCH3 is 1. The first kappa shape index (κ1) is 21.0. The normalized spacial score (nSPS) is 12.0. The van der Waals surface area contributed by atoms with Crippen molar-refractivity contribution in [3.05, 3.63) is 83.8 Å². The van der Waals surface area contributed by atoms with E-state index >= 15 is 0 Å². The van der Waals surface area contributed by atoms with Gasteiger partial charge in [-0.25, -0.2) is 0 Å². The van der Waals surface area contributed by atoms with Crippen LogP contribution in [0.4, 0.5) is 0 Å². The maximum absolute atomic E-state index is 12.6. The van der Waals surface area contributed by atoms with E-state index in [1.165, 1.54) is 4.90 Å². The van der Waals surface area contributed by atoms with Crippen LogP contribution < -0.4 is 10.1 Å². The second-order valence-corrected chi connectivity index (χ2v) is 7.85. The highest BCUT2D eigenvalue weighted by Crippen LogP contribution is 2.27. The van der Waals surface area contributed by atoms with Crippen molar-refractivity contribution in [3.8, 4) is 5.75 Å². The van der Waals surface area contributed by atoms with E-state index in [2.05, 4.69) is 22.3 Å². The molecule has 0 aliphatic heterocycles. The molecule has 5 nitrogen and oxygen atoms in total. The average molecular weight is 411 g/mol. The van der Waals surface area contributed by atoms with Crippen LogP contribution in [-0.2, 0) is 5.75 Å². The highest BCUT2D eigenvalue weighted by atomic mass is 32.2. The van der Waals surface area contributed by atoms with E-state index in [0.29, 0.717) is 18.1 Å². The van der Waals surface area contributed by atoms with Crippen LogP contribution in [0, 0.1) is 0 Å². The molecule has 152 valence electrons. The van der Waals surface area contributed by atoms with Crippen molar-refractivity contribution in [2.45, 2.75) is 16.7 Å². The number of carbonyl (C=O) groups excluding carboxylic acids is 1. The zero-order valence-corrected chi connectivity index (χ0v) is 17.7. The van der Waals surface area contributed by atoms with Gasteiger partial charge in [-0.1, -0.05) is 36.4 Å². The summed E-state index contributed by atoms with van der Waals surface area (Å²) in [4.78, 5) is 15.8. The average Bonchev–Trinajstić information content (AvgIpc) is 3.22. The molecule has 2 aromatic carbocycles. The molecule has 0 aliphatic carbocycles. The molecule has 0 radical (unpaired) electrons. The number of rotatable bonds is 9. The Morgan fingerprint density at radius 2 is 1.79 bits per heavy atom. The molecule has 0 fully saturated rings. The molecule has 1 unspecified atom stereocenters. The van der Waals surface area contributed by atoms with Crippen LogP contribution in [0.2, 0.25) is 0 Å². The molecule has 6 heteroatoms. The SMILES string of the molecule is COc1ccccc1C(CNC(=O)c1ccc(CSc2ccccc2)o1)N(C)C. The third-order valence-corrected chi connectivity index (χ3v) is 5.62. The number of para-hydroxylation sites is 1. The van der Waals surface area contributed by atoms with Gasteiger partial charge < -0.3 is 19.4 Å². The fraction of sp³-hybridized carbons (Fsp3) is 0.261. The van der Waals surface area contributed by atoms with Crippen molar-refractivity contribution >= 4 is 17.7 Å². The monoisotopic (exact) mass is 410 g/mol. The van der Waals surface area contributed by atoms with Gasteiger partial charge in [-0.3, -0.25) is 4.79 Å². The third kappa shape index (κ3) is 5.65. The lowest BCUT2D eigenvalue weighted by molar-refractivity contribution is 0.0912. The summed E-state index contributed by atoms with van der Waals surface area (Å²) in [5.41, 5.74) is 1.03. The Kier molecular flexibility index (Phi) is 7.38. The van der Waals surface area contributed by atoms with Crippen LogP contribution in [0.5, 0.6) is 5.75 Å². The van der Waals surface area contributed by atoms with Gasteiger partial charge in [0.05, 0.1) is 18.9 Å². The summed E-state index contributed by atoms with van der Waals surface area (Å²) in [6, 6.07) is 21.5. The van der Waals surface area contributed by atoms with Gasteiger partial charge in [0.1, 0.15) is 11.5 Å². The lowest BCUT2D eigenvalue weighted by atomic mass is 10.0. The van der Waals surface area contributed by atoms with Crippen LogP contribution in [0.1, 0.15) is 27.9 Å². The number of benzene rings is 2. The fourth-order valence-electron chi connectivity index (χ4n) is 3.04. The molecular weight excluding hydrogens is 384 g/mol. The quantitative estimate of drug-likeness (QED) is 0.522. The second-order valence-electron chi connectivity index (χ2n) is 6.80. The van der Waals surface area contributed by atoms with Gasteiger partial charge in [0.25, 0.3) is 5.91 Å². The van der Waals surface area contributed by atoms with Crippen LogP contribution >= 0.6 is 11.8 Å². The topological polar surface area (TPSA) is 54.7 Å². The molecule has 0 saturated heterocycles. The highest BCUT2D eigenvalue weighted by Gasteiger charge is 2.20.